The summed E-state index contributed by atoms with van der Waals surface area (Å²) in [5, 5.41) is 21.2. The van der Waals surface area contributed by atoms with Crippen LogP contribution in [0.5, 0.6) is 0 Å². The van der Waals surface area contributed by atoms with E-state index < -0.39 is 16.8 Å². The second-order valence-corrected chi connectivity index (χ2v) is 14.1. The molecule has 0 heterocycles. The molecule has 0 amide bonds. The third-order valence-electron chi connectivity index (χ3n) is 12.8. The Balaban J connectivity index is 1.61. The van der Waals surface area contributed by atoms with E-state index in [1.165, 1.54) is 0 Å². The van der Waals surface area contributed by atoms with Gasteiger partial charge in [0.2, 0.25) is 5.78 Å². The quantitative estimate of drug-likeness (QED) is 0.430. The Morgan fingerprint density at radius 3 is 2.24 bits per heavy atom. The van der Waals surface area contributed by atoms with Gasteiger partial charge in [-0.25, -0.2) is 0 Å². The lowest BCUT2D eigenvalue weighted by Crippen LogP contribution is -2.66. The lowest BCUT2D eigenvalue weighted by molar-refractivity contribution is -0.222. The van der Waals surface area contributed by atoms with Crippen molar-refractivity contribution in [1.29, 1.82) is 0 Å². The molecule has 34 heavy (non-hydrogen) atoms. The predicted octanol–water partition coefficient (Wildman–Crippen LogP) is 6.96. The van der Waals surface area contributed by atoms with Crippen LogP contribution in [0, 0.1) is 56.7 Å². The first-order valence-corrected chi connectivity index (χ1v) is 13.5. The van der Waals surface area contributed by atoms with E-state index in [1.54, 1.807) is 0 Å². The van der Waals surface area contributed by atoms with Gasteiger partial charge in [0.05, 0.1) is 5.41 Å². The molecule has 4 heteroatoms. The minimum atomic E-state index is -0.602. The van der Waals surface area contributed by atoms with E-state index in [0.717, 1.165) is 56.9 Å². The Morgan fingerprint density at radius 1 is 0.941 bits per heavy atom. The summed E-state index contributed by atoms with van der Waals surface area (Å²) >= 11 is 0. The molecule has 0 aromatic carbocycles. The normalized spacial score (nSPS) is 51.4. The highest BCUT2D eigenvalue weighted by atomic mass is 16.4. The van der Waals surface area contributed by atoms with Crippen LogP contribution in [0.2, 0.25) is 0 Å². The number of carbonyl (C=O) groups is 2. The monoisotopic (exact) mass is 468 g/mol. The van der Waals surface area contributed by atoms with Gasteiger partial charge in [-0.3, -0.25) is 9.59 Å². The Morgan fingerprint density at radius 2 is 1.62 bits per heavy atom. The molecule has 4 saturated carbocycles. The SMILES string of the molecule is C=C(C)[C@@H]1CC[C@]2(C(=O)O)CC[C@]3(C)[C@@H](CC[C@@H]4[C@@]5(C)C=C(O)C(=O)C(C)(C)[C@@H]5CC[C@]43C)[C@H]12. The molecule has 2 N–H and O–H groups in total. The van der Waals surface area contributed by atoms with Crippen LogP contribution in [-0.4, -0.2) is 22.0 Å². The summed E-state index contributed by atoms with van der Waals surface area (Å²) in [6.07, 6.45) is 9.49. The second kappa shape index (κ2) is 7.01. The van der Waals surface area contributed by atoms with E-state index in [0.29, 0.717) is 17.8 Å². The Bertz CT molecular complexity index is 992. The predicted molar refractivity (Wildman–Crippen MR) is 133 cm³/mol. The zero-order valence-electron chi connectivity index (χ0n) is 22.0. The second-order valence-electron chi connectivity index (χ2n) is 14.1. The number of aliphatic hydroxyl groups is 1. The van der Waals surface area contributed by atoms with Crippen molar-refractivity contribution in [2.45, 2.75) is 92.9 Å². The van der Waals surface area contributed by atoms with Gasteiger partial charge >= 0.3 is 5.97 Å². The number of fused-ring (bicyclic) bond motifs is 7. The molecule has 9 atom stereocenters. The minimum Gasteiger partial charge on any atom is -0.505 e. The smallest absolute Gasteiger partial charge is 0.309 e. The molecule has 4 nitrogen and oxygen atoms in total. The van der Waals surface area contributed by atoms with E-state index in [2.05, 4.69) is 34.3 Å². The number of hydrogen-bond acceptors (Lipinski definition) is 3. The molecule has 5 aliphatic carbocycles. The molecule has 0 saturated heterocycles. The molecular weight excluding hydrogens is 424 g/mol. The number of carbonyl (C=O) groups excluding carboxylic acids is 1. The molecular formula is C30H44O4. The Hall–Kier alpha value is -1.58. The largest absolute Gasteiger partial charge is 0.505 e. The molecule has 0 aromatic rings. The van der Waals surface area contributed by atoms with Gasteiger partial charge in [-0.05, 0) is 110 Å². The molecule has 188 valence electrons. The number of aliphatic carboxylic acids is 1. The number of allylic oxidation sites excluding steroid dienone is 3. The fraction of sp³-hybridized carbons (Fsp3) is 0.800. The van der Waals surface area contributed by atoms with Crippen LogP contribution in [0.4, 0.5) is 0 Å². The van der Waals surface area contributed by atoms with Crippen molar-refractivity contribution in [2.75, 3.05) is 0 Å². The van der Waals surface area contributed by atoms with Crippen LogP contribution in [0.3, 0.4) is 0 Å². The maximum Gasteiger partial charge on any atom is 0.309 e. The van der Waals surface area contributed by atoms with Crippen molar-refractivity contribution in [3.63, 3.8) is 0 Å². The minimum absolute atomic E-state index is 0.0423. The third-order valence-corrected chi connectivity index (χ3v) is 12.8. The lowest BCUT2D eigenvalue weighted by Gasteiger charge is -2.71. The Labute approximate surface area is 205 Å². The topological polar surface area (TPSA) is 74.6 Å². The van der Waals surface area contributed by atoms with Gasteiger partial charge in [0.15, 0.2) is 5.76 Å². The molecule has 5 aliphatic rings. The highest BCUT2D eigenvalue weighted by molar-refractivity contribution is 5.98. The first-order valence-electron chi connectivity index (χ1n) is 13.5. The number of aliphatic hydroxyl groups excluding tert-OH is 1. The van der Waals surface area contributed by atoms with E-state index in [4.69, 9.17) is 0 Å². The average Bonchev–Trinajstić information content (AvgIpc) is 3.14. The summed E-state index contributed by atoms with van der Waals surface area (Å²) in [4.78, 5) is 25.7. The molecule has 0 radical (unpaired) electrons. The molecule has 5 rings (SSSR count). The fourth-order valence-electron chi connectivity index (χ4n) is 11.0. The van der Waals surface area contributed by atoms with Gasteiger partial charge in [0.25, 0.3) is 0 Å². The number of Topliss-reactive ketones (excluding diaryl/α,β-unsaturated/α-hetero) is 1. The molecule has 0 spiro atoms. The highest BCUT2D eigenvalue weighted by Crippen LogP contribution is 2.77. The summed E-state index contributed by atoms with van der Waals surface area (Å²) in [6, 6.07) is 0. The van der Waals surface area contributed by atoms with Gasteiger partial charge in [-0.2, -0.15) is 0 Å². The van der Waals surface area contributed by atoms with Gasteiger partial charge in [-0.1, -0.05) is 46.8 Å². The first-order chi connectivity index (χ1) is 15.7. The number of carboxylic acid groups (broad SMARTS) is 1. The van der Waals surface area contributed by atoms with Crippen molar-refractivity contribution in [3.8, 4) is 0 Å². The molecule has 0 aliphatic heterocycles. The Kier molecular flexibility index (Phi) is 4.97. The summed E-state index contributed by atoms with van der Waals surface area (Å²) < 4.78 is 0. The third kappa shape index (κ3) is 2.61. The van der Waals surface area contributed by atoms with Gasteiger partial charge in [0, 0.05) is 5.41 Å². The number of hydrogen-bond donors (Lipinski definition) is 2. The molecule has 4 fully saturated rings. The van der Waals surface area contributed by atoms with Gasteiger partial charge in [-0.15, -0.1) is 0 Å². The summed E-state index contributed by atoms with van der Waals surface area (Å²) in [7, 11) is 0. The van der Waals surface area contributed by atoms with E-state index in [1.807, 2.05) is 19.9 Å². The summed E-state index contributed by atoms with van der Waals surface area (Å²) in [5.41, 5.74) is -0.153. The average molecular weight is 469 g/mol. The van der Waals surface area contributed by atoms with Crippen molar-refractivity contribution in [2.24, 2.45) is 56.7 Å². The van der Waals surface area contributed by atoms with E-state index in [-0.39, 0.29) is 39.6 Å². The van der Waals surface area contributed by atoms with E-state index >= 15 is 0 Å². The van der Waals surface area contributed by atoms with Crippen molar-refractivity contribution in [3.05, 3.63) is 24.0 Å². The first kappa shape index (κ1) is 24.1. The summed E-state index contributed by atoms with van der Waals surface area (Å²) in [5.74, 6) is 0.672. The number of rotatable bonds is 2. The van der Waals surface area contributed by atoms with E-state index in [9.17, 15) is 19.8 Å². The zero-order chi connectivity index (χ0) is 25.1. The van der Waals surface area contributed by atoms with Crippen LogP contribution in [0.1, 0.15) is 92.9 Å². The van der Waals surface area contributed by atoms with Crippen LogP contribution < -0.4 is 0 Å². The van der Waals surface area contributed by atoms with Crippen molar-refractivity contribution >= 4 is 11.8 Å². The standard InChI is InChI=1S/C30H44O4/c1-17(2)18-10-13-30(25(33)34)15-14-28(6)19(23(18)30)8-9-22-27(5)16-20(31)24(32)26(3,4)21(27)11-12-29(22,28)7/h16,18-19,21-23,31H,1,8-15H2,2-7H3,(H,33,34)/t18-,19-,21-,22+,23-,27-,28+,29+,30-/m0/s1. The molecule has 0 unspecified atom stereocenters. The summed E-state index contributed by atoms with van der Waals surface area (Å²) in [6.45, 7) is 17.7. The van der Waals surface area contributed by atoms with Crippen LogP contribution >= 0.6 is 0 Å². The number of ketones is 1. The lowest BCUT2D eigenvalue weighted by atomic mass is 9.33. The zero-order valence-corrected chi connectivity index (χ0v) is 22.0. The van der Waals surface area contributed by atoms with Crippen LogP contribution in [-0.2, 0) is 9.59 Å². The fourth-order valence-corrected chi connectivity index (χ4v) is 11.0. The maximum absolute atomic E-state index is 12.9. The van der Waals surface area contributed by atoms with Gasteiger partial charge < -0.3 is 10.2 Å². The maximum atomic E-state index is 12.9. The molecule has 0 aromatic heterocycles. The van der Waals surface area contributed by atoms with Crippen molar-refractivity contribution in [1.82, 2.24) is 0 Å². The number of carboxylic acids is 1. The van der Waals surface area contributed by atoms with Gasteiger partial charge in [0.1, 0.15) is 0 Å². The van der Waals surface area contributed by atoms with Crippen LogP contribution in [0.15, 0.2) is 24.0 Å². The highest BCUT2D eigenvalue weighted by Gasteiger charge is 2.72. The van der Waals surface area contributed by atoms with Crippen LogP contribution in [0.25, 0.3) is 0 Å². The molecule has 0 bridgehead atoms. The van der Waals surface area contributed by atoms with Crippen molar-refractivity contribution < 1.29 is 19.8 Å².